The third-order valence-corrected chi connectivity index (χ3v) is 9.82. The van der Waals surface area contributed by atoms with Gasteiger partial charge in [0.15, 0.2) is 0 Å². The van der Waals surface area contributed by atoms with Gasteiger partial charge in [0, 0.05) is 50.4 Å². The molecule has 2 heterocycles. The average Bonchev–Trinajstić information content (AvgIpc) is 3.59. The van der Waals surface area contributed by atoms with E-state index in [1.807, 2.05) is 36.4 Å². The van der Waals surface area contributed by atoms with Gasteiger partial charge >= 0.3 is 0 Å². The lowest BCUT2D eigenvalue weighted by atomic mass is 9.98. The standard InChI is InChI=1S/C48H31N3O/c1-4-13-32(14-5-1)46-47(33-15-6-2-7-16-33)50-48-40-26-23-35(29-36(40)24-28-43(48)49-46)34-17-12-20-38(30-34)51(37-18-8-3-9-19-37)39-25-27-42-41-21-10-11-22-44(41)52-45(42)31-39/h1-31H. The number of aromatic nitrogens is 2. The number of furan rings is 1. The van der Waals surface area contributed by atoms with Crippen molar-refractivity contribution in [1.29, 1.82) is 0 Å². The molecule has 10 rings (SSSR count). The van der Waals surface area contributed by atoms with Crippen LogP contribution in [0.15, 0.2) is 192 Å². The second-order valence-electron chi connectivity index (χ2n) is 13.0. The summed E-state index contributed by atoms with van der Waals surface area (Å²) in [6.07, 6.45) is 0. The van der Waals surface area contributed by atoms with Gasteiger partial charge in [-0.3, -0.25) is 0 Å². The topological polar surface area (TPSA) is 42.2 Å². The van der Waals surface area contributed by atoms with E-state index in [0.717, 1.165) is 94.4 Å². The molecule has 0 aliphatic carbocycles. The fourth-order valence-electron chi connectivity index (χ4n) is 7.32. The Bertz CT molecular complexity index is 2900. The summed E-state index contributed by atoms with van der Waals surface area (Å²) in [6, 6.07) is 65.5. The molecule has 0 amide bonds. The predicted octanol–water partition coefficient (Wildman–Crippen LogP) is 13.2. The van der Waals surface area contributed by atoms with Crippen LogP contribution >= 0.6 is 0 Å². The van der Waals surface area contributed by atoms with Gasteiger partial charge in [-0.25, -0.2) is 9.97 Å². The van der Waals surface area contributed by atoms with Crippen LogP contribution in [0.25, 0.3) is 77.4 Å². The number of hydrogen-bond acceptors (Lipinski definition) is 4. The molecule has 52 heavy (non-hydrogen) atoms. The number of hydrogen-bond donors (Lipinski definition) is 0. The summed E-state index contributed by atoms with van der Waals surface area (Å²) < 4.78 is 6.30. The second-order valence-corrected chi connectivity index (χ2v) is 13.0. The van der Waals surface area contributed by atoms with Crippen LogP contribution in [0.2, 0.25) is 0 Å². The zero-order chi connectivity index (χ0) is 34.4. The molecule has 0 saturated heterocycles. The number of anilines is 3. The highest BCUT2D eigenvalue weighted by atomic mass is 16.3. The molecule has 0 saturated carbocycles. The fraction of sp³-hybridized carbons (Fsp3) is 0. The van der Waals surface area contributed by atoms with E-state index in [4.69, 9.17) is 14.4 Å². The van der Waals surface area contributed by atoms with E-state index in [1.165, 1.54) is 0 Å². The van der Waals surface area contributed by atoms with Crippen LogP contribution in [-0.4, -0.2) is 9.97 Å². The summed E-state index contributed by atoms with van der Waals surface area (Å²) >= 11 is 0. The van der Waals surface area contributed by atoms with Gasteiger partial charge in [-0.1, -0.05) is 127 Å². The minimum atomic E-state index is 0.868. The van der Waals surface area contributed by atoms with E-state index in [1.54, 1.807) is 0 Å². The van der Waals surface area contributed by atoms with Crippen LogP contribution in [0, 0.1) is 0 Å². The largest absolute Gasteiger partial charge is 0.456 e. The summed E-state index contributed by atoms with van der Waals surface area (Å²) in [5.41, 5.74) is 12.8. The lowest BCUT2D eigenvalue weighted by Crippen LogP contribution is -2.09. The van der Waals surface area contributed by atoms with Gasteiger partial charge in [-0.05, 0) is 71.1 Å². The maximum Gasteiger partial charge on any atom is 0.137 e. The van der Waals surface area contributed by atoms with E-state index in [-0.39, 0.29) is 0 Å². The molecule has 0 radical (unpaired) electrons. The Kier molecular flexibility index (Phi) is 7.10. The van der Waals surface area contributed by atoms with Crippen molar-refractivity contribution >= 4 is 60.8 Å². The van der Waals surface area contributed by atoms with Crippen LogP contribution < -0.4 is 4.90 Å². The van der Waals surface area contributed by atoms with Crippen LogP contribution in [0.5, 0.6) is 0 Å². The van der Waals surface area contributed by atoms with Crippen molar-refractivity contribution in [1.82, 2.24) is 9.97 Å². The van der Waals surface area contributed by atoms with Crippen molar-refractivity contribution in [3.63, 3.8) is 0 Å². The summed E-state index contributed by atoms with van der Waals surface area (Å²) in [4.78, 5) is 12.8. The minimum Gasteiger partial charge on any atom is -0.456 e. The first-order chi connectivity index (χ1) is 25.8. The Labute approximate surface area is 300 Å². The van der Waals surface area contributed by atoms with Crippen molar-refractivity contribution in [2.75, 3.05) is 4.90 Å². The van der Waals surface area contributed by atoms with Crippen LogP contribution in [0.4, 0.5) is 17.1 Å². The zero-order valence-electron chi connectivity index (χ0n) is 28.1. The molecule has 4 heteroatoms. The van der Waals surface area contributed by atoms with Crippen molar-refractivity contribution in [3.05, 3.63) is 188 Å². The Morgan fingerprint density at radius 1 is 0.365 bits per heavy atom. The first kappa shape index (κ1) is 29.8. The van der Waals surface area contributed by atoms with Crippen LogP contribution in [0.1, 0.15) is 0 Å². The highest BCUT2D eigenvalue weighted by molar-refractivity contribution is 6.07. The summed E-state index contributed by atoms with van der Waals surface area (Å²) in [5, 5.41) is 4.43. The summed E-state index contributed by atoms with van der Waals surface area (Å²) in [5.74, 6) is 0. The number of para-hydroxylation sites is 2. The molecule has 8 aromatic carbocycles. The van der Waals surface area contributed by atoms with Gasteiger partial charge in [0.05, 0.1) is 22.4 Å². The maximum atomic E-state index is 6.30. The number of nitrogens with zero attached hydrogens (tertiary/aromatic N) is 3. The van der Waals surface area contributed by atoms with Gasteiger partial charge in [-0.15, -0.1) is 0 Å². The highest BCUT2D eigenvalue weighted by Gasteiger charge is 2.18. The summed E-state index contributed by atoms with van der Waals surface area (Å²) in [6.45, 7) is 0. The quantitative estimate of drug-likeness (QED) is 0.166. The van der Waals surface area contributed by atoms with E-state index in [2.05, 4.69) is 157 Å². The molecule has 0 atom stereocenters. The predicted molar refractivity (Wildman–Crippen MR) is 215 cm³/mol. The average molecular weight is 666 g/mol. The van der Waals surface area contributed by atoms with Gasteiger partial charge < -0.3 is 9.32 Å². The Morgan fingerprint density at radius 3 is 1.75 bits per heavy atom. The van der Waals surface area contributed by atoms with E-state index in [9.17, 15) is 0 Å². The highest BCUT2D eigenvalue weighted by Crippen LogP contribution is 2.40. The molecule has 0 N–H and O–H groups in total. The first-order valence-corrected chi connectivity index (χ1v) is 17.5. The van der Waals surface area contributed by atoms with Crippen molar-refractivity contribution in [2.45, 2.75) is 0 Å². The van der Waals surface area contributed by atoms with Gasteiger partial charge in [0.25, 0.3) is 0 Å². The van der Waals surface area contributed by atoms with Gasteiger partial charge in [0.1, 0.15) is 11.2 Å². The number of rotatable bonds is 6. The minimum absolute atomic E-state index is 0.868. The first-order valence-electron chi connectivity index (χ1n) is 17.5. The van der Waals surface area contributed by atoms with Crippen molar-refractivity contribution in [3.8, 4) is 33.6 Å². The summed E-state index contributed by atoms with van der Waals surface area (Å²) in [7, 11) is 0. The smallest absolute Gasteiger partial charge is 0.137 e. The van der Waals surface area contributed by atoms with Crippen LogP contribution in [-0.2, 0) is 0 Å². The molecule has 0 unspecified atom stereocenters. The van der Waals surface area contributed by atoms with Crippen molar-refractivity contribution < 1.29 is 4.42 Å². The van der Waals surface area contributed by atoms with Crippen molar-refractivity contribution in [2.24, 2.45) is 0 Å². The maximum absolute atomic E-state index is 6.30. The Morgan fingerprint density at radius 2 is 0.962 bits per heavy atom. The molecule has 0 aliphatic heterocycles. The van der Waals surface area contributed by atoms with Gasteiger partial charge in [0.2, 0.25) is 0 Å². The number of fused-ring (bicyclic) bond motifs is 6. The number of benzene rings is 8. The molecule has 0 fully saturated rings. The Hall–Kier alpha value is -7.04. The zero-order valence-corrected chi connectivity index (χ0v) is 28.1. The molecule has 2 aromatic heterocycles. The SMILES string of the molecule is c1ccc(-c2nc3ccc4cc(-c5cccc(N(c6ccccc6)c6ccc7c(c6)oc6ccccc67)c5)ccc4c3nc2-c2ccccc2)cc1. The molecule has 0 spiro atoms. The lowest BCUT2D eigenvalue weighted by molar-refractivity contribution is 0.669. The lowest BCUT2D eigenvalue weighted by Gasteiger charge is -2.26. The van der Waals surface area contributed by atoms with E-state index in [0.29, 0.717) is 0 Å². The third-order valence-electron chi connectivity index (χ3n) is 9.82. The molecule has 244 valence electrons. The van der Waals surface area contributed by atoms with E-state index >= 15 is 0 Å². The molecule has 4 nitrogen and oxygen atoms in total. The third kappa shape index (κ3) is 5.17. The van der Waals surface area contributed by atoms with E-state index < -0.39 is 0 Å². The van der Waals surface area contributed by atoms with Gasteiger partial charge in [-0.2, -0.15) is 0 Å². The molecule has 10 aromatic rings. The molecule has 0 aliphatic rings. The van der Waals surface area contributed by atoms with Crippen LogP contribution in [0.3, 0.4) is 0 Å². The normalized spacial score (nSPS) is 11.5. The molecular weight excluding hydrogens is 635 g/mol. The fourth-order valence-corrected chi connectivity index (χ4v) is 7.32. The molecule has 0 bridgehead atoms. The molecular formula is C48H31N3O. The monoisotopic (exact) mass is 665 g/mol. The second kappa shape index (κ2) is 12.4. The Balaban J connectivity index is 1.08.